The lowest BCUT2D eigenvalue weighted by molar-refractivity contribution is -0.137. The number of sulfonamides is 1. The van der Waals surface area contributed by atoms with Crippen molar-refractivity contribution in [2.45, 2.75) is 26.6 Å². The number of nitrogens with zero attached hydrogens (tertiary/aromatic N) is 1. The summed E-state index contributed by atoms with van der Waals surface area (Å²) in [4.78, 5) is 12.7. The molecule has 0 radical (unpaired) electrons. The average molecular weight is 507 g/mol. The highest BCUT2D eigenvalue weighted by Gasteiger charge is 2.31. The van der Waals surface area contributed by atoms with Gasteiger partial charge in [0.2, 0.25) is 10.0 Å². The number of carbonyl (C=O) groups is 1. The van der Waals surface area contributed by atoms with Gasteiger partial charge in [0.05, 0.1) is 36.8 Å². The number of ether oxygens (including phenoxy) is 1. The summed E-state index contributed by atoms with van der Waals surface area (Å²) in [5.41, 5.74) is 2.29. The second-order valence-electron chi connectivity index (χ2n) is 8.10. The third-order valence-corrected chi connectivity index (χ3v) is 6.64. The van der Waals surface area contributed by atoms with Crippen molar-refractivity contribution >= 4 is 27.3 Å². The number of anilines is 2. The monoisotopic (exact) mass is 506 g/mol. The minimum atomic E-state index is -4.57. The summed E-state index contributed by atoms with van der Waals surface area (Å²) in [5.74, 6) is -0.552. The van der Waals surface area contributed by atoms with Gasteiger partial charge in [-0.25, -0.2) is 8.42 Å². The molecule has 0 spiro atoms. The summed E-state index contributed by atoms with van der Waals surface area (Å²) < 4.78 is 70.4. The molecule has 0 aliphatic heterocycles. The first kappa shape index (κ1) is 26.1. The zero-order chi connectivity index (χ0) is 26.0. The second-order valence-corrected chi connectivity index (χ2v) is 10.0. The Balaban J connectivity index is 1.82. The van der Waals surface area contributed by atoms with Crippen molar-refractivity contribution in [3.8, 4) is 5.75 Å². The van der Waals surface area contributed by atoms with E-state index < -0.39 is 27.7 Å². The highest BCUT2D eigenvalue weighted by Crippen LogP contribution is 2.35. The Labute approximate surface area is 202 Å². The van der Waals surface area contributed by atoms with Gasteiger partial charge in [0.25, 0.3) is 5.91 Å². The minimum Gasteiger partial charge on any atom is -0.495 e. The second kappa shape index (κ2) is 9.99. The van der Waals surface area contributed by atoms with Crippen LogP contribution in [0.4, 0.5) is 24.5 Å². The van der Waals surface area contributed by atoms with Crippen molar-refractivity contribution in [3.63, 3.8) is 0 Å². The highest BCUT2D eigenvalue weighted by atomic mass is 32.2. The molecule has 35 heavy (non-hydrogen) atoms. The van der Waals surface area contributed by atoms with Gasteiger partial charge < -0.3 is 10.1 Å². The summed E-state index contributed by atoms with van der Waals surface area (Å²) in [7, 11) is -2.30. The lowest BCUT2D eigenvalue weighted by atomic mass is 10.1. The SMILES string of the molecule is COc1ccc(C(F)(F)F)cc1NC(=O)c1ccc(CN(c2ccc(C)c(C)c2)S(C)(=O)=O)cc1. The van der Waals surface area contributed by atoms with Crippen LogP contribution in [0, 0.1) is 13.8 Å². The van der Waals surface area contributed by atoms with Crippen LogP contribution in [-0.4, -0.2) is 27.7 Å². The van der Waals surface area contributed by atoms with Gasteiger partial charge in [-0.05, 0) is 73.0 Å². The fraction of sp³-hybridized carbons (Fsp3) is 0.240. The van der Waals surface area contributed by atoms with Gasteiger partial charge in [-0.3, -0.25) is 9.10 Å². The van der Waals surface area contributed by atoms with Crippen molar-refractivity contribution in [2.24, 2.45) is 0 Å². The number of nitrogens with one attached hydrogen (secondary N) is 1. The van der Waals surface area contributed by atoms with E-state index in [0.29, 0.717) is 11.3 Å². The van der Waals surface area contributed by atoms with E-state index in [2.05, 4.69) is 5.32 Å². The van der Waals surface area contributed by atoms with Crippen molar-refractivity contribution in [2.75, 3.05) is 23.0 Å². The molecule has 6 nitrogen and oxygen atoms in total. The van der Waals surface area contributed by atoms with Crippen LogP contribution in [0.3, 0.4) is 0 Å². The number of alkyl halides is 3. The Morgan fingerprint density at radius 2 is 1.63 bits per heavy atom. The van der Waals surface area contributed by atoms with E-state index in [1.54, 1.807) is 24.3 Å². The number of hydrogen-bond donors (Lipinski definition) is 1. The van der Waals surface area contributed by atoms with Crippen LogP contribution < -0.4 is 14.4 Å². The van der Waals surface area contributed by atoms with Gasteiger partial charge in [-0.15, -0.1) is 0 Å². The standard InChI is InChI=1S/C25H25F3N2O4S/c1-16-5-11-21(13-17(16)2)30(35(4,32)33)15-18-6-8-19(9-7-18)24(31)29-22-14-20(25(26,27)28)10-12-23(22)34-3/h5-14H,15H2,1-4H3,(H,29,31). The van der Waals surface area contributed by atoms with Crippen molar-refractivity contribution in [1.82, 2.24) is 0 Å². The smallest absolute Gasteiger partial charge is 0.416 e. The van der Waals surface area contributed by atoms with Crippen molar-refractivity contribution in [1.29, 1.82) is 0 Å². The summed E-state index contributed by atoms with van der Waals surface area (Å²) >= 11 is 0. The van der Waals surface area contributed by atoms with E-state index in [0.717, 1.165) is 35.6 Å². The van der Waals surface area contributed by atoms with E-state index in [-0.39, 0.29) is 23.5 Å². The third-order valence-electron chi connectivity index (χ3n) is 5.50. The fourth-order valence-electron chi connectivity index (χ4n) is 3.38. The number of carbonyl (C=O) groups excluding carboxylic acids is 1. The number of halogens is 3. The van der Waals surface area contributed by atoms with Crippen LogP contribution in [0.5, 0.6) is 5.75 Å². The maximum Gasteiger partial charge on any atom is 0.416 e. The van der Waals surface area contributed by atoms with E-state index >= 15 is 0 Å². The Morgan fingerprint density at radius 1 is 0.971 bits per heavy atom. The number of methoxy groups -OCH3 is 1. The first-order valence-corrected chi connectivity index (χ1v) is 12.3. The van der Waals surface area contributed by atoms with Gasteiger partial charge in [0.15, 0.2) is 0 Å². The molecule has 186 valence electrons. The Hall–Kier alpha value is -3.53. The molecule has 0 saturated heterocycles. The summed E-state index contributed by atoms with van der Waals surface area (Å²) in [6.07, 6.45) is -3.46. The molecule has 0 atom stereocenters. The lowest BCUT2D eigenvalue weighted by Crippen LogP contribution is -2.29. The van der Waals surface area contributed by atoms with E-state index in [1.165, 1.54) is 23.5 Å². The maximum atomic E-state index is 13.1. The molecule has 0 fully saturated rings. The lowest BCUT2D eigenvalue weighted by Gasteiger charge is -2.23. The van der Waals surface area contributed by atoms with Gasteiger partial charge in [0.1, 0.15) is 5.75 Å². The number of aryl methyl sites for hydroxylation is 2. The molecular formula is C25H25F3N2O4S. The van der Waals surface area contributed by atoms with Crippen molar-refractivity contribution < 1.29 is 31.1 Å². The van der Waals surface area contributed by atoms with Gasteiger partial charge in [0, 0.05) is 5.56 Å². The number of benzene rings is 3. The predicted molar refractivity (Wildman–Crippen MR) is 129 cm³/mol. The Morgan fingerprint density at radius 3 is 2.17 bits per heavy atom. The molecule has 0 heterocycles. The zero-order valence-electron chi connectivity index (χ0n) is 19.6. The first-order valence-electron chi connectivity index (χ1n) is 10.5. The summed E-state index contributed by atoms with van der Waals surface area (Å²) in [6.45, 7) is 3.87. The molecule has 1 N–H and O–H groups in total. The molecule has 3 rings (SSSR count). The van der Waals surface area contributed by atoms with Crippen LogP contribution in [0.15, 0.2) is 60.7 Å². The van der Waals surface area contributed by atoms with E-state index in [1.807, 2.05) is 19.9 Å². The molecule has 1 amide bonds. The molecule has 0 aliphatic rings. The molecule has 0 aliphatic carbocycles. The minimum absolute atomic E-state index is 0.0463. The van der Waals surface area contributed by atoms with Crippen molar-refractivity contribution in [3.05, 3.63) is 88.5 Å². The molecule has 0 bridgehead atoms. The van der Waals surface area contributed by atoms with Gasteiger partial charge >= 0.3 is 6.18 Å². The molecule has 10 heteroatoms. The number of rotatable bonds is 7. The summed E-state index contributed by atoms with van der Waals surface area (Å²) in [6, 6.07) is 14.3. The number of hydrogen-bond acceptors (Lipinski definition) is 4. The van der Waals surface area contributed by atoms with Crippen LogP contribution in [0.25, 0.3) is 0 Å². The van der Waals surface area contributed by atoms with Crippen LogP contribution in [-0.2, 0) is 22.7 Å². The molecule has 3 aromatic rings. The molecule has 0 aromatic heterocycles. The largest absolute Gasteiger partial charge is 0.495 e. The summed E-state index contributed by atoms with van der Waals surface area (Å²) in [5, 5.41) is 2.44. The van der Waals surface area contributed by atoms with Crippen LogP contribution >= 0.6 is 0 Å². The average Bonchev–Trinajstić information content (AvgIpc) is 2.78. The Bertz CT molecular complexity index is 1340. The maximum absolute atomic E-state index is 13.1. The Kier molecular flexibility index (Phi) is 7.44. The van der Waals surface area contributed by atoms with E-state index in [9.17, 15) is 26.4 Å². The normalized spacial score (nSPS) is 11.7. The molecular weight excluding hydrogens is 481 g/mol. The third kappa shape index (κ3) is 6.33. The molecule has 0 saturated carbocycles. The van der Waals surface area contributed by atoms with E-state index in [4.69, 9.17) is 4.74 Å². The van der Waals surface area contributed by atoms with Gasteiger partial charge in [-0.2, -0.15) is 13.2 Å². The molecule has 0 unspecified atom stereocenters. The van der Waals surface area contributed by atoms with Crippen LogP contribution in [0.1, 0.15) is 32.6 Å². The zero-order valence-corrected chi connectivity index (χ0v) is 20.4. The van der Waals surface area contributed by atoms with Gasteiger partial charge in [-0.1, -0.05) is 18.2 Å². The highest BCUT2D eigenvalue weighted by molar-refractivity contribution is 7.92. The number of amides is 1. The molecule has 3 aromatic carbocycles. The fourth-order valence-corrected chi connectivity index (χ4v) is 4.26. The first-order chi connectivity index (χ1) is 16.3. The van der Waals surface area contributed by atoms with Crippen LogP contribution in [0.2, 0.25) is 0 Å². The topological polar surface area (TPSA) is 75.7 Å². The quantitative estimate of drug-likeness (QED) is 0.456. The predicted octanol–water partition coefficient (Wildman–Crippen LogP) is 5.55.